The lowest BCUT2D eigenvalue weighted by molar-refractivity contribution is 0.132. The maximum atomic E-state index is 5.28. The van der Waals surface area contributed by atoms with Gasteiger partial charge in [-0.2, -0.15) is 0 Å². The van der Waals surface area contributed by atoms with Crippen molar-refractivity contribution in [3.8, 4) is 12.3 Å². The fourth-order valence-electron chi connectivity index (χ4n) is 2.46. The van der Waals surface area contributed by atoms with Gasteiger partial charge in [0.25, 0.3) is 0 Å². The summed E-state index contributed by atoms with van der Waals surface area (Å²) >= 11 is 0. The molecule has 1 N–H and O–H groups in total. The van der Waals surface area contributed by atoms with Crippen LogP contribution in [0.1, 0.15) is 32.6 Å². The van der Waals surface area contributed by atoms with Gasteiger partial charge in [-0.15, -0.1) is 12.3 Å². The van der Waals surface area contributed by atoms with Gasteiger partial charge in [-0.3, -0.25) is 4.90 Å². The molecular weight excluding hydrogens is 184 g/mol. The van der Waals surface area contributed by atoms with E-state index in [1.165, 1.54) is 25.9 Å². The number of terminal acetylenes is 1. The number of nitrogens with zero attached hydrogens (tertiary/aromatic N) is 1. The van der Waals surface area contributed by atoms with Crippen LogP contribution in [-0.2, 0) is 0 Å². The third kappa shape index (κ3) is 2.96. The zero-order valence-corrected chi connectivity index (χ0v) is 9.71. The van der Waals surface area contributed by atoms with Crippen LogP contribution >= 0.6 is 0 Å². The third-order valence-corrected chi connectivity index (χ3v) is 3.69. The van der Waals surface area contributed by atoms with Crippen LogP contribution in [0.4, 0.5) is 0 Å². The minimum atomic E-state index is 0.678. The molecule has 1 aliphatic heterocycles. The summed E-state index contributed by atoms with van der Waals surface area (Å²) in [7, 11) is 0. The Morgan fingerprint density at radius 2 is 2.27 bits per heavy atom. The summed E-state index contributed by atoms with van der Waals surface area (Å²) in [6.45, 7) is 5.87. The Bertz CT molecular complexity index is 239. The van der Waals surface area contributed by atoms with Crippen LogP contribution in [-0.4, -0.2) is 36.6 Å². The molecule has 0 aromatic carbocycles. The van der Waals surface area contributed by atoms with Crippen LogP contribution in [0.15, 0.2) is 0 Å². The van der Waals surface area contributed by atoms with Gasteiger partial charge < -0.3 is 5.32 Å². The lowest BCUT2D eigenvalue weighted by Gasteiger charge is -2.39. The van der Waals surface area contributed by atoms with Crippen molar-refractivity contribution in [3.63, 3.8) is 0 Å². The average Bonchev–Trinajstić information content (AvgIpc) is 3.05. The molecule has 1 saturated carbocycles. The first-order valence-electron chi connectivity index (χ1n) is 6.22. The van der Waals surface area contributed by atoms with E-state index in [0.29, 0.717) is 6.04 Å². The predicted molar refractivity (Wildman–Crippen MR) is 63.6 cm³/mol. The fraction of sp³-hybridized carbons (Fsp3) is 0.846. The molecule has 0 radical (unpaired) electrons. The largest absolute Gasteiger partial charge is 0.311 e. The van der Waals surface area contributed by atoms with E-state index in [4.69, 9.17) is 6.42 Å². The van der Waals surface area contributed by atoms with Gasteiger partial charge in [-0.25, -0.2) is 0 Å². The van der Waals surface area contributed by atoms with Gasteiger partial charge in [0.1, 0.15) is 0 Å². The van der Waals surface area contributed by atoms with E-state index in [1.54, 1.807) is 0 Å². The molecule has 2 nitrogen and oxygen atoms in total. The smallest absolute Gasteiger partial charge is 0.0224 e. The fourth-order valence-corrected chi connectivity index (χ4v) is 2.46. The lowest BCUT2D eigenvalue weighted by Crippen LogP contribution is -2.56. The second-order valence-electron chi connectivity index (χ2n) is 5.00. The first-order chi connectivity index (χ1) is 7.31. The second kappa shape index (κ2) is 5.01. The summed E-state index contributed by atoms with van der Waals surface area (Å²) in [5.74, 6) is 3.69. The Morgan fingerprint density at radius 1 is 1.47 bits per heavy atom. The van der Waals surface area contributed by atoms with Gasteiger partial charge >= 0.3 is 0 Å². The first-order valence-corrected chi connectivity index (χ1v) is 6.22. The average molecular weight is 206 g/mol. The molecule has 1 saturated heterocycles. The maximum absolute atomic E-state index is 5.28. The van der Waals surface area contributed by atoms with Gasteiger partial charge in [0.05, 0.1) is 0 Å². The van der Waals surface area contributed by atoms with E-state index >= 15 is 0 Å². The molecule has 2 unspecified atom stereocenters. The first kappa shape index (κ1) is 11.0. The van der Waals surface area contributed by atoms with Gasteiger partial charge in [-0.05, 0) is 38.6 Å². The van der Waals surface area contributed by atoms with Crippen molar-refractivity contribution in [1.29, 1.82) is 0 Å². The Labute approximate surface area is 93.4 Å². The maximum Gasteiger partial charge on any atom is 0.0224 e. The number of nitrogens with one attached hydrogen (secondary N) is 1. The number of hydrogen-bond acceptors (Lipinski definition) is 2. The standard InChI is InChI=1S/C13H22N2/c1-3-4-5-8-15-10-13(12-6-7-12)14-9-11(15)2/h1,11-14H,4-10H2,2H3. The van der Waals surface area contributed by atoms with Crippen molar-refractivity contribution in [3.05, 3.63) is 0 Å². The van der Waals surface area contributed by atoms with Crippen LogP contribution in [0.25, 0.3) is 0 Å². The van der Waals surface area contributed by atoms with E-state index in [2.05, 4.69) is 23.1 Å². The Balaban J connectivity index is 1.77. The van der Waals surface area contributed by atoms with Crippen molar-refractivity contribution >= 4 is 0 Å². The lowest BCUT2D eigenvalue weighted by atomic mass is 10.1. The molecule has 2 aliphatic rings. The normalized spacial score (nSPS) is 32.5. The highest BCUT2D eigenvalue weighted by Crippen LogP contribution is 2.34. The minimum Gasteiger partial charge on any atom is -0.311 e. The van der Waals surface area contributed by atoms with Gasteiger partial charge in [0.15, 0.2) is 0 Å². The highest BCUT2D eigenvalue weighted by Gasteiger charge is 2.35. The Morgan fingerprint density at radius 3 is 2.93 bits per heavy atom. The van der Waals surface area contributed by atoms with Crippen LogP contribution in [0, 0.1) is 18.3 Å². The summed E-state index contributed by atoms with van der Waals surface area (Å²) in [6.07, 6.45) is 10.2. The topological polar surface area (TPSA) is 15.3 Å². The highest BCUT2D eigenvalue weighted by molar-refractivity contribution is 4.93. The van der Waals surface area contributed by atoms with Gasteiger partial charge in [0.2, 0.25) is 0 Å². The molecule has 0 spiro atoms. The number of unbranched alkanes of at least 4 members (excludes halogenated alkanes) is 1. The molecule has 15 heavy (non-hydrogen) atoms. The monoisotopic (exact) mass is 206 g/mol. The van der Waals surface area contributed by atoms with Gasteiger partial charge in [-0.1, -0.05) is 0 Å². The summed E-state index contributed by atoms with van der Waals surface area (Å²) in [4.78, 5) is 2.61. The van der Waals surface area contributed by atoms with E-state index in [0.717, 1.165) is 31.3 Å². The summed E-state index contributed by atoms with van der Waals surface area (Å²) in [5, 5.41) is 3.67. The molecular formula is C13H22N2. The van der Waals surface area contributed by atoms with Crippen molar-refractivity contribution in [2.75, 3.05) is 19.6 Å². The molecule has 2 fully saturated rings. The summed E-state index contributed by atoms with van der Waals surface area (Å²) < 4.78 is 0. The van der Waals surface area contributed by atoms with Crippen molar-refractivity contribution in [2.24, 2.45) is 5.92 Å². The van der Waals surface area contributed by atoms with Gasteiger partial charge in [0, 0.05) is 31.6 Å². The molecule has 2 rings (SSSR count). The van der Waals surface area contributed by atoms with Crippen LogP contribution < -0.4 is 5.32 Å². The van der Waals surface area contributed by atoms with E-state index in [1.807, 2.05) is 0 Å². The summed E-state index contributed by atoms with van der Waals surface area (Å²) in [5.41, 5.74) is 0. The molecule has 2 heteroatoms. The molecule has 0 bridgehead atoms. The second-order valence-corrected chi connectivity index (χ2v) is 5.00. The zero-order valence-electron chi connectivity index (χ0n) is 9.71. The van der Waals surface area contributed by atoms with Crippen molar-refractivity contribution in [1.82, 2.24) is 10.2 Å². The predicted octanol–water partition coefficient (Wildman–Crippen LogP) is 1.47. The Hall–Kier alpha value is -0.520. The molecule has 84 valence electrons. The van der Waals surface area contributed by atoms with Crippen LogP contribution in [0.3, 0.4) is 0 Å². The number of rotatable bonds is 4. The highest BCUT2D eigenvalue weighted by atomic mass is 15.2. The van der Waals surface area contributed by atoms with Crippen LogP contribution in [0.2, 0.25) is 0 Å². The Kier molecular flexibility index (Phi) is 3.66. The zero-order chi connectivity index (χ0) is 10.7. The molecule has 0 aromatic rings. The van der Waals surface area contributed by atoms with Crippen LogP contribution in [0.5, 0.6) is 0 Å². The van der Waals surface area contributed by atoms with E-state index < -0.39 is 0 Å². The summed E-state index contributed by atoms with van der Waals surface area (Å²) in [6, 6.07) is 1.44. The molecule has 1 heterocycles. The van der Waals surface area contributed by atoms with Crippen molar-refractivity contribution < 1.29 is 0 Å². The molecule has 1 aliphatic carbocycles. The quantitative estimate of drug-likeness (QED) is 0.553. The van der Waals surface area contributed by atoms with E-state index in [9.17, 15) is 0 Å². The number of piperazine rings is 1. The molecule has 2 atom stereocenters. The van der Waals surface area contributed by atoms with E-state index in [-0.39, 0.29) is 0 Å². The minimum absolute atomic E-state index is 0.678. The molecule has 0 aromatic heterocycles. The SMILES string of the molecule is C#CCCCN1CC(C2CC2)NCC1C. The molecule has 0 amide bonds. The number of hydrogen-bond donors (Lipinski definition) is 1. The van der Waals surface area contributed by atoms with Crippen molar-refractivity contribution in [2.45, 2.75) is 44.7 Å². The third-order valence-electron chi connectivity index (χ3n) is 3.69.